The van der Waals surface area contributed by atoms with E-state index in [0.29, 0.717) is 0 Å². The highest BCUT2D eigenvalue weighted by Gasteiger charge is 2.47. The van der Waals surface area contributed by atoms with Crippen LogP contribution in [0.5, 0.6) is 0 Å². The van der Waals surface area contributed by atoms with E-state index < -0.39 is 5.41 Å². The zero-order valence-corrected chi connectivity index (χ0v) is 31.2. The van der Waals surface area contributed by atoms with Crippen molar-refractivity contribution in [2.75, 3.05) is 4.90 Å². The van der Waals surface area contributed by atoms with Gasteiger partial charge in [0.25, 0.3) is 0 Å². The Balaban J connectivity index is 1.17. The maximum absolute atomic E-state index is 6.36. The highest BCUT2D eigenvalue weighted by atomic mass is 16.3. The molecule has 1 aliphatic rings. The minimum atomic E-state index is -0.588. The lowest BCUT2D eigenvalue weighted by atomic mass is 9.67. The lowest BCUT2D eigenvalue weighted by Gasteiger charge is -2.34. The molecule has 57 heavy (non-hydrogen) atoms. The van der Waals surface area contributed by atoms with Crippen LogP contribution >= 0.6 is 0 Å². The molecule has 0 radical (unpaired) electrons. The highest BCUT2D eigenvalue weighted by Crippen LogP contribution is 2.60. The number of fused-ring (bicyclic) bond motifs is 6. The predicted molar refractivity (Wildman–Crippen MR) is 237 cm³/mol. The number of hydrogen-bond donors (Lipinski definition) is 0. The van der Waals surface area contributed by atoms with Crippen LogP contribution in [0.1, 0.15) is 22.3 Å². The molecule has 2 nitrogen and oxygen atoms in total. The van der Waals surface area contributed by atoms with Gasteiger partial charge in [-0.1, -0.05) is 176 Å². The Labute approximate surface area is 332 Å². The van der Waals surface area contributed by atoms with E-state index in [1.54, 1.807) is 0 Å². The normalized spacial score (nSPS) is 14.4. The summed E-state index contributed by atoms with van der Waals surface area (Å²) >= 11 is 0. The Morgan fingerprint density at radius 1 is 0.351 bits per heavy atom. The molecular formula is C55H37NO. The first-order chi connectivity index (χ1) is 28.3. The van der Waals surface area contributed by atoms with Gasteiger partial charge in [0.1, 0.15) is 11.2 Å². The fourth-order valence-corrected chi connectivity index (χ4v) is 9.23. The molecule has 1 atom stereocenters. The summed E-state index contributed by atoms with van der Waals surface area (Å²) < 4.78 is 6.36. The largest absolute Gasteiger partial charge is 0.456 e. The number of furan rings is 1. The summed E-state index contributed by atoms with van der Waals surface area (Å²) in [6.45, 7) is 0. The van der Waals surface area contributed by atoms with Crippen molar-refractivity contribution in [1.29, 1.82) is 0 Å². The number of hydrogen-bond acceptors (Lipinski definition) is 2. The summed E-state index contributed by atoms with van der Waals surface area (Å²) in [5.74, 6) is 0. The van der Waals surface area contributed by atoms with Crippen molar-refractivity contribution >= 4 is 39.0 Å². The Bertz CT molecular complexity index is 2960. The molecule has 2 heteroatoms. The van der Waals surface area contributed by atoms with Gasteiger partial charge in [0.15, 0.2) is 0 Å². The molecular weight excluding hydrogens is 691 g/mol. The Morgan fingerprint density at radius 2 is 0.877 bits per heavy atom. The van der Waals surface area contributed by atoms with Gasteiger partial charge in [-0.15, -0.1) is 0 Å². The molecule has 0 saturated carbocycles. The second kappa shape index (κ2) is 13.4. The van der Waals surface area contributed by atoms with Gasteiger partial charge in [-0.3, -0.25) is 0 Å². The molecule has 1 aliphatic carbocycles. The zero-order valence-electron chi connectivity index (χ0n) is 31.2. The van der Waals surface area contributed by atoms with Gasteiger partial charge in [-0.2, -0.15) is 0 Å². The summed E-state index contributed by atoms with van der Waals surface area (Å²) in [6, 6.07) is 81.3. The number of nitrogens with zero attached hydrogens (tertiary/aromatic N) is 1. The first kappa shape index (κ1) is 33.0. The maximum atomic E-state index is 6.36. The van der Waals surface area contributed by atoms with E-state index in [4.69, 9.17) is 4.42 Å². The molecule has 0 bridgehead atoms. The van der Waals surface area contributed by atoms with Crippen LogP contribution in [0.25, 0.3) is 55.3 Å². The van der Waals surface area contributed by atoms with E-state index in [0.717, 1.165) is 39.0 Å². The van der Waals surface area contributed by atoms with E-state index in [-0.39, 0.29) is 0 Å². The molecule has 10 aromatic rings. The van der Waals surface area contributed by atoms with Gasteiger partial charge in [0.2, 0.25) is 0 Å². The fraction of sp³-hybridized carbons (Fsp3) is 0.0182. The van der Waals surface area contributed by atoms with Crippen LogP contribution in [0.3, 0.4) is 0 Å². The molecule has 0 spiro atoms. The maximum Gasteiger partial charge on any atom is 0.135 e. The van der Waals surface area contributed by atoms with Crippen molar-refractivity contribution in [1.82, 2.24) is 0 Å². The number of benzene rings is 9. The van der Waals surface area contributed by atoms with E-state index in [1.807, 2.05) is 6.07 Å². The van der Waals surface area contributed by atoms with Gasteiger partial charge < -0.3 is 9.32 Å². The Morgan fingerprint density at radius 3 is 1.54 bits per heavy atom. The SMILES string of the molecule is c1ccc(-c2ccc(N(c3ccc(-c4ccccc4)cc3)c3cccc4c3-c3ccccc3C4(c3ccccc3)c3ccc4oc5ccccc5c4c3)cc2)cc1. The molecule has 0 amide bonds. The molecule has 268 valence electrons. The van der Waals surface area contributed by atoms with Crippen molar-refractivity contribution in [3.8, 4) is 33.4 Å². The van der Waals surface area contributed by atoms with Crippen LogP contribution in [0, 0.1) is 0 Å². The van der Waals surface area contributed by atoms with E-state index in [1.165, 1.54) is 55.6 Å². The van der Waals surface area contributed by atoms with Crippen molar-refractivity contribution in [3.05, 3.63) is 247 Å². The van der Waals surface area contributed by atoms with E-state index in [9.17, 15) is 0 Å². The fourth-order valence-electron chi connectivity index (χ4n) is 9.23. The average molecular weight is 728 g/mol. The van der Waals surface area contributed by atoms with Gasteiger partial charge in [-0.05, 0) is 98.6 Å². The molecule has 1 aromatic heterocycles. The lowest BCUT2D eigenvalue weighted by Crippen LogP contribution is -2.28. The minimum Gasteiger partial charge on any atom is -0.456 e. The summed E-state index contributed by atoms with van der Waals surface area (Å²) in [7, 11) is 0. The number of anilines is 3. The standard InChI is InChI=1S/C55H37NO/c1-4-15-38(16-5-1)40-27-32-44(33-28-40)56(45-34-29-41(30-35-45)39-17-6-2-7-18-39)51-25-14-24-50-54(51)47-22-10-12-23-49(47)55(50,42-19-8-3-9-20-42)43-31-36-53-48(37-43)46-21-11-13-26-52(46)57-53/h1-37H. The van der Waals surface area contributed by atoms with E-state index in [2.05, 4.69) is 223 Å². The zero-order chi connectivity index (χ0) is 37.8. The topological polar surface area (TPSA) is 16.4 Å². The molecule has 9 aromatic carbocycles. The minimum absolute atomic E-state index is 0.588. The van der Waals surface area contributed by atoms with Crippen molar-refractivity contribution in [2.45, 2.75) is 5.41 Å². The van der Waals surface area contributed by atoms with Crippen LogP contribution in [-0.4, -0.2) is 0 Å². The first-order valence-electron chi connectivity index (χ1n) is 19.6. The second-order valence-electron chi connectivity index (χ2n) is 14.8. The quantitative estimate of drug-likeness (QED) is 0.163. The van der Waals surface area contributed by atoms with Crippen LogP contribution in [0.15, 0.2) is 229 Å². The van der Waals surface area contributed by atoms with Crippen molar-refractivity contribution < 1.29 is 4.42 Å². The molecule has 0 fully saturated rings. The van der Waals surface area contributed by atoms with Gasteiger partial charge in [0.05, 0.1) is 11.1 Å². The molecule has 0 aliphatic heterocycles. The van der Waals surface area contributed by atoms with Crippen LogP contribution in [0.4, 0.5) is 17.1 Å². The summed E-state index contributed by atoms with van der Waals surface area (Å²) in [5.41, 5.74) is 16.7. The van der Waals surface area contributed by atoms with Gasteiger partial charge in [0, 0.05) is 27.7 Å². The highest BCUT2D eigenvalue weighted by molar-refractivity contribution is 6.06. The Hall–Kier alpha value is -7.42. The van der Waals surface area contributed by atoms with Crippen LogP contribution in [0.2, 0.25) is 0 Å². The number of rotatable bonds is 7. The van der Waals surface area contributed by atoms with Gasteiger partial charge in [-0.25, -0.2) is 0 Å². The molecule has 0 saturated heterocycles. The van der Waals surface area contributed by atoms with Crippen molar-refractivity contribution in [2.24, 2.45) is 0 Å². The molecule has 1 unspecified atom stereocenters. The molecule has 0 N–H and O–H groups in total. The van der Waals surface area contributed by atoms with Crippen LogP contribution in [-0.2, 0) is 5.41 Å². The summed E-state index contributed by atoms with van der Waals surface area (Å²) in [5, 5.41) is 2.25. The monoisotopic (exact) mass is 727 g/mol. The second-order valence-corrected chi connectivity index (χ2v) is 14.8. The lowest BCUT2D eigenvalue weighted by molar-refractivity contribution is 0.668. The summed E-state index contributed by atoms with van der Waals surface area (Å²) in [4.78, 5) is 2.44. The first-order valence-corrected chi connectivity index (χ1v) is 19.6. The molecule has 11 rings (SSSR count). The third-order valence-electron chi connectivity index (χ3n) is 11.8. The molecule has 1 heterocycles. The van der Waals surface area contributed by atoms with E-state index >= 15 is 0 Å². The third kappa shape index (κ3) is 5.26. The Kier molecular flexibility index (Phi) is 7.75. The average Bonchev–Trinajstić information content (AvgIpc) is 3.82. The predicted octanol–water partition coefficient (Wildman–Crippen LogP) is 14.8. The van der Waals surface area contributed by atoms with Crippen molar-refractivity contribution in [3.63, 3.8) is 0 Å². The smallest absolute Gasteiger partial charge is 0.135 e. The summed E-state index contributed by atoms with van der Waals surface area (Å²) in [6.07, 6.45) is 0. The number of para-hydroxylation sites is 1. The van der Waals surface area contributed by atoms with Gasteiger partial charge >= 0.3 is 0 Å². The van der Waals surface area contributed by atoms with Crippen LogP contribution < -0.4 is 4.90 Å². The third-order valence-corrected chi connectivity index (χ3v) is 11.8.